The number of hydrogen-bond acceptors (Lipinski definition) is 3. The summed E-state index contributed by atoms with van der Waals surface area (Å²) >= 11 is 0. The van der Waals surface area contributed by atoms with Gasteiger partial charge in [-0.25, -0.2) is 0 Å². The number of aliphatic hydroxyl groups is 2. The van der Waals surface area contributed by atoms with Gasteiger partial charge in [0.25, 0.3) is 0 Å². The van der Waals surface area contributed by atoms with Crippen LogP contribution in [0.15, 0.2) is 30.3 Å². The fourth-order valence-corrected chi connectivity index (χ4v) is 1.76. The molecule has 0 aliphatic carbocycles. The average Bonchev–Trinajstić information content (AvgIpc) is 2.36. The Bertz CT molecular complexity index is 302. The molecule has 0 saturated carbocycles. The molecule has 3 N–H and O–H groups in total. The molecule has 16 heavy (non-hydrogen) atoms. The van der Waals surface area contributed by atoms with Crippen molar-refractivity contribution in [2.45, 2.75) is 31.9 Å². The number of aliphatic hydroxyl groups excluding tert-OH is 2. The normalized spacial score (nSPS) is 16.8. The Morgan fingerprint density at radius 1 is 1.31 bits per heavy atom. The molecular weight excluding hydrogens is 202 g/mol. The maximum atomic E-state index is 10.3. The molecule has 1 rings (SSSR count). The lowest BCUT2D eigenvalue weighted by Crippen LogP contribution is -2.48. The minimum atomic E-state index is -0.565. The van der Waals surface area contributed by atoms with E-state index in [2.05, 4.69) is 5.32 Å². The topological polar surface area (TPSA) is 52.5 Å². The lowest BCUT2D eigenvalue weighted by atomic mass is 9.87. The Hall–Kier alpha value is -0.900. The molecule has 0 heterocycles. The number of nitrogens with one attached hydrogen (secondary N) is 1. The van der Waals surface area contributed by atoms with Gasteiger partial charge < -0.3 is 15.5 Å². The molecule has 1 aromatic rings. The maximum absolute atomic E-state index is 10.3. The van der Waals surface area contributed by atoms with Crippen LogP contribution in [-0.4, -0.2) is 28.9 Å². The maximum Gasteiger partial charge on any atom is 0.0968 e. The third-order valence-electron chi connectivity index (χ3n) is 3.09. The lowest BCUT2D eigenvalue weighted by Gasteiger charge is -2.35. The summed E-state index contributed by atoms with van der Waals surface area (Å²) in [5, 5.41) is 22.3. The SMILES string of the molecule is CCC(C)(NCCO)C(O)c1ccccc1. The fourth-order valence-electron chi connectivity index (χ4n) is 1.76. The molecule has 0 saturated heterocycles. The highest BCUT2D eigenvalue weighted by Crippen LogP contribution is 2.28. The fraction of sp³-hybridized carbons (Fsp3) is 0.538. The van der Waals surface area contributed by atoms with Crippen LogP contribution >= 0.6 is 0 Å². The van der Waals surface area contributed by atoms with Crippen LogP contribution < -0.4 is 5.32 Å². The molecule has 0 amide bonds. The highest BCUT2D eigenvalue weighted by Gasteiger charge is 2.31. The molecule has 0 radical (unpaired) electrons. The van der Waals surface area contributed by atoms with Crippen molar-refractivity contribution in [3.05, 3.63) is 35.9 Å². The Balaban J connectivity index is 2.79. The predicted octanol–water partition coefficient (Wildman–Crippen LogP) is 1.47. The second-order valence-electron chi connectivity index (χ2n) is 4.23. The van der Waals surface area contributed by atoms with E-state index in [4.69, 9.17) is 5.11 Å². The first-order valence-electron chi connectivity index (χ1n) is 5.73. The van der Waals surface area contributed by atoms with Crippen molar-refractivity contribution in [1.82, 2.24) is 5.32 Å². The third-order valence-corrected chi connectivity index (χ3v) is 3.09. The van der Waals surface area contributed by atoms with Gasteiger partial charge in [-0.1, -0.05) is 37.3 Å². The average molecular weight is 223 g/mol. The molecule has 0 spiro atoms. The van der Waals surface area contributed by atoms with E-state index in [0.717, 1.165) is 12.0 Å². The van der Waals surface area contributed by atoms with Gasteiger partial charge in [0.2, 0.25) is 0 Å². The number of hydrogen-bond donors (Lipinski definition) is 3. The van der Waals surface area contributed by atoms with Gasteiger partial charge in [-0.2, -0.15) is 0 Å². The molecule has 3 nitrogen and oxygen atoms in total. The van der Waals surface area contributed by atoms with Crippen LogP contribution in [0.3, 0.4) is 0 Å². The number of benzene rings is 1. The quantitative estimate of drug-likeness (QED) is 0.684. The molecule has 90 valence electrons. The summed E-state index contributed by atoms with van der Waals surface area (Å²) in [6.45, 7) is 4.57. The van der Waals surface area contributed by atoms with Crippen LogP contribution in [0.4, 0.5) is 0 Å². The van der Waals surface area contributed by atoms with E-state index < -0.39 is 11.6 Å². The van der Waals surface area contributed by atoms with Gasteiger partial charge in [-0.3, -0.25) is 0 Å². The van der Waals surface area contributed by atoms with Gasteiger partial charge in [0.05, 0.1) is 12.7 Å². The minimum Gasteiger partial charge on any atom is -0.395 e. The van der Waals surface area contributed by atoms with Crippen LogP contribution in [0.2, 0.25) is 0 Å². The van der Waals surface area contributed by atoms with Crippen LogP contribution in [0.1, 0.15) is 31.9 Å². The molecule has 2 unspecified atom stereocenters. The summed E-state index contributed by atoms with van der Waals surface area (Å²) in [5.41, 5.74) is 0.502. The minimum absolute atomic E-state index is 0.0805. The molecule has 0 aliphatic heterocycles. The first-order valence-corrected chi connectivity index (χ1v) is 5.73. The van der Waals surface area contributed by atoms with E-state index in [1.807, 2.05) is 44.2 Å². The summed E-state index contributed by atoms with van der Waals surface area (Å²) in [5.74, 6) is 0. The second-order valence-corrected chi connectivity index (χ2v) is 4.23. The van der Waals surface area contributed by atoms with Gasteiger partial charge in [0, 0.05) is 12.1 Å². The molecule has 0 aromatic heterocycles. The zero-order valence-electron chi connectivity index (χ0n) is 9.98. The van der Waals surface area contributed by atoms with Gasteiger partial charge in [-0.15, -0.1) is 0 Å². The Morgan fingerprint density at radius 3 is 2.44 bits per heavy atom. The van der Waals surface area contributed by atoms with Crippen molar-refractivity contribution in [2.24, 2.45) is 0 Å². The predicted molar refractivity (Wildman–Crippen MR) is 65.2 cm³/mol. The molecule has 0 aliphatic rings. The number of β-amino-alcohol motifs (C(OH)–C–C–N with tert-alkyl or cyclic N) is 1. The first-order chi connectivity index (χ1) is 7.64. The van der Waals surface area contributed by atoms with Crippen molar-refractivity contribution in [1.29, 1.82) is 0 Å². The monoisotopic (exact) mass is 223 g/mol. The first kappa shape index (κ1) is 13.2. The Kier molecular flexibility index (Phi) is 4.93. The van der Waals surface area contributed by atoms with Gasteiger partial charge in [0.1, 0.15) is 0 Å². The highest BCUT2D eigenvalue weighted by atomic mass is 16.3. The van der Waals surface area contributed by atoms with Crippen LogP contribution in [0, 0.1) is 0 Å². The standard InChI is InChI=1S/C13H21NO2/c1-3-13(2,14-9-10-15)12(16)11-7-5-4-6-8-11/h4-8,12,14-16H,3,9-10H2,1-2H3. The van der Waals surface area contributed by atoms with Crippen molar-refractivity contribution < 1.29 is 10.2 Å². The zero-order valence-corrected chi connectivity index (χ0v) is 9.98. The van der Waals surface area contributed by atoms with E-state index in [9.17, 15) is 5.11 Å². The smallest absolute Gasteiger partial charge is 0.0968 e. The summed E-state index contributed by atoms with van der Waals surface area (Å²) in [6, 6.07) is 9.60. The lowest BCUT2D eigenvalue weighted by molar-refractivity contribution is 0.0630. The van der Waals surface area contributed by atoms with E-state index in [1.165, 1.54) is 0 Å². The van der Waals surface area contributed by atoms with Gasteiger partial charge in [0.15, 0.2) is 0 Å². The van der Waals surface area contributed by atoms with Crippen LogP contribution in [-0.2, 0) is 0 Å². The summed E-state index contributed by atoms with van der Waals surface area (Å²) in [4.78, 5) is 0. The Morgan fingerprint density at radius 2 is 1.94 bits per heavy atom. The van der Waals surface area contributed by atoms with Crippen LogP contribution in [0.5, 0.6) is 0 Å². The van der Waals surface area contributed by atoms with Crippen LogP contribution in [0.25, 0.3) is 0 Å². The zero-order chi connectivity index (χ0) is 12.0. The molecule has 3 heteroatoms. The summed E-state index contributed by atoms with van der Waals surface area (Å²) < 4.78 is 0. The molecule has 0 fully saturated rings. The summed E-state index contributed by atoms with van der Waals surface area (Å²) in [6.07, 6.45) is 0.230. The van der Waals surface area contributed by atoms with Gasteiger partial charge >= 0.3 is 0 Å². The highest BCUT2D eigenvalue weighted by molar-refractivity contribution is 5.20. The number of rotatable bonds is 6. The van der Waals surface area contributed by atoms with Crippen molar-refractivity contribution in [3.8, 4) is 0 Å². The van der Waals surface area contributed by atoms with E-state index >= 15 is 0 Å². The van der Waals surface area contributed by atoms with E-state index in [0.29, 0.717) is 6.54 Å². The van der Waals surface area contributed by atoms with E-state index in [1.54, 1.807) is 0 Å². The van der Waals surface area contributed by atoms with E-state index in [-0.39, 0.29) is 6.61 Å². The van der Waals surface area contributed by atoms with Crippen molar-refractivity contribution >= 4 is 0 Å². The molecule has 1 aromatic carbocycles. The Labute approximate surface area is 97.1 Å². The second kappa shape index (κ2) is 5.99. The van der Waals surface area contributed by atoms with Crippen molar-refractivity contribution in [3.63, 3.8) is 0 Å². The molecule has 2 atom stereocenters. The van der Waals surface area contributed by atoms with Gasteiger partial charge in [-0.05, 0) is 18.9 Å². The molecular formula is C13H21NO2. The molecule has 0 bridgehead atoms. The summed E-state index contributed by atoms with van der Waals surface area (Å²) in [7, 11) is 0. The van der Waals surface area contributed by atoms with Crippen molar-refractivity contribution in [2.75, 3.05) is 13.2 Å². The third kappa shape index (κ3) is 3.04. The largest absolute Gasteiger partial charge is 0.395 e.